The van der Waals surface area contributed by atoms with Crippen molar-refractivity contribution >= 4 is 27.3 Å². The van der Waals surface area contributed by atoms with Crippen molar-refractivity contribution in [3.05, 3.63) is 20.8 Å². The van der Waals surface area contributed by atoms with E-state index < -0.39 is 0 Å². The number of nitrogens with one attached hydrogen (secondary N) is 1. The maximum atomic E-state index is 5.57. The first kappa shape index (κ1) is 13.2. The largest absolute Gasteiger partial charge is 0.377 e. The van der Waals surface area contributed by atoms with Crippen LogP contribution >= 0.6 is 27.3 Å². The highest BCUT2D eigenvalue weighted by Gasteiger charge is 1.98. The molecule has 0 aliphatic rings. The molecule has 1 heterocycles. The molecular formula is C11H18BrNOS. The summed E-state index contributed by atoms with van der Waals surface area (Å²) in [6, 6.07) is 2.15. The maximum Gasteiger partial charge on any atom is 0.0594 e. The van der Waals surface area contributed by atoms with Crippen molar-refractivity contribution in [2.75, 3.05) is 13.2 Å². The van der Waals surface area contributed by atoms with Crippen LogP contribution in [0.25, 0.3) is 0 Å². The predicted molar refractivity (Wildman–Crippen MR) is 69.4 cm³/mol. The van der Waals surface area contributed by atoms with Gasteiger partial charge in [-0.05, 0) is 35.3 Å². The van der Waals surface area contributed by atoms with Gasteiger partial charge in [-0.15, -0.1) is 11.3 Å². The van der Waals surface area contributed by atoms with E-state index in [1.54, 1.807) is 11.3 Å². The summed E-state index contributed by atoms with van der Waals surface area (Å²) < 4.78 is 6.73. The van der Waals surface area contributed by atoms with E-state index in [1.165, 1.54) is 9.35 Å². The summed E-state index contributed by atoms with van der Waals surface area (Å²) in [5, 5.41) is 5.46. The standard InChI is InChI=1S/C11H18BrNOS/c1-3-9(2)14-5-4-13-7-11-6-10(12)8-15-11/h6,8-9,13H,3-5,7H2,1-2H3. The Morgan fingerprint density at radius 2 is 2.40 bits per heavy atom. The van der Waals surface area contributed by atoms with Crippen LogP contribution in [0.15, 0.2) is 15.9 Å². The van der Waals surface area contributed by atoms with Gasteiger partial charge in [-0.3, -0.25) is 0 Å². The van der Waals surface area contributed by atoms with Crippen LogP contribution in [0.5, 0.6) is 0 Å². The van der Waals surface area contributed by atoms with Gasteiger partial charge in [-0.25, -0.2) is 0 Å². The summed E-state index contributed by atoms with van der Waals surface area (Å²) in [4.78, 5) is 1.35. The smallest absolute Gasteiger partial charge is 0.0594 e. The highest BCUT2D eigenvalue weighted by atomic mass is 79.9. The van der Waals surface area contributed by atoms with Crippen molar-refractivity contribution in [2.24, 2.45) is 0 Å². The first-order valence-corrected chi connectivity index (χ1v) is 6.95. The minimum absolute atomic E-state index is 0.377. The zero-order valence-electron chi connectivity index (χ0n) is 9.25. The molecule has 1 aromatic heterocycles. The number of rotatable bonds is 7. The molecule has 4 heteroatoms. The first-order valence-electron chi connectivity index (χ1n) is 5.27. The number of ether oxygens (including phenoxy) is 1. The number of hydrogen-bond donors (Lipinski definition) is 1. The molecule has 0 spiro atoms. The van der Waals surface area contributed by atoms with Crippen LogP contribution in [-0.2, 0) is 11.3 Å². The summed E-state index contributed by atoms with van der Waals surface area (Å²) in [6.45, 7) is 6.89. The Balaban J connectivity index is 2.02. The summed E-state index contributed by atoms with van der Waals surface area (Å²) in [5.41, 5.74) is 0. The van der Waals surface area contributed by atoms with E-state index in [4.69, 9.17) is 4.74 Å². The lowest BCUT2D eigenvalue weighted by atomic mass is 10.3. The highest BCUT2D eigenvalue weighted by molar-refractivity contribution is 9.10. The second kappa shape index (κ2) is 7.39. The molecular weight excluding hydrogens is 274 g/mol. The third kappa shape index (κ3) is 5.66. The molecule has 0 aliphatic carbocycles. The Labute approximate surface area is 104 Å². The van der Waals surface area contributed by atoms with Crippen LogP contribution < -0.4 is 5.32 Å². The van der Waals surface area contributed by atoms with Gasteiger partial charge in [0.2, 0.25) is 0 Å². The fourth-order valence-corrected chi connectivity index (χ4v) is 2.53. The maximum absolute atomic E-state index is 5.57. The van der Waals surface area contributed by atoms with Crippen molar-refractivity contribution in [3.8, 4) is 0 Å². The number of halogens is 1. The van der Waals surface area contributed by atoms with Gasteiger partial charge in [-0.2, -0.15) is 0 Å². The topological polar surface area (TPSA) is 21.3 Å². The summed E-state index contributed by atoms with van der Waals surface area (Å²) in [6.07, 6.45) is 1.46. The lowest BCUT2D eigenvalue weighted by molar-refractivity contribution is 0.0655. The molecule has 0 aliphatic heterocycles. The van der Waals surface area contributed by atoms with Crippen LogP contribution in [0.3, 0.4) is 0 Å². The third-order valence-corrected chi connectivity index (χ3v) is 3.87. The molecule has 86 valence electrons. The average Bonchev–Trinajstić information content (AvgIpc) is 2.63. The molecule has 1 aromatic rings. The molecule has 15 heavy (non-hydrogen) atoms. The average molecular weight is 292 g/mol. The fourth-order valence-electron chi connectivity index (χ4n) is 1.11. The normalized spacial score (nSPS) is 13.0. The van der Waals surface area contributed by atoms with E-state index in [-0.39, 0.29) is 0 Å². The van der Waals surface area contributed by atoms with Crippen molar-refractivity contribution in [3.63, 3.8) is 0 Å². The SMILES string of the molecule is CCC(C)OCCNCc1cc(Br)cs1. The second-order valence-corrected chi connectivity index (χ2v) is 5.41. The molecule has 0 bridgehead atoms. The Bertz CT molecular complexity index is 277. The second-order valence-electron chi connectivity index (χ2n) is 3.50. The monoisotopic (exact) mass is 291 g/mol. The van der Waals surface area contributed by atoms with Crippen LogP contribution in [-0.4, -0.2) is 19.3 Å². The quantitative estimate of drug-likeness (QED) is 0.778. The molecule has 0 amide bonds. The fraction of sp³-hybridized carbons (Fsp3) is 0.636. The van der Waals surface area contributed by atoms with Gasteiger partial charge in [0.05, 0.1) is 12.7 Å². The Hall–Kier alpha value is 0.1000. The lowest BCUT2D eigenvalue weighted by Gasteiger charge is -2.10. The van der Waals surface area contributed by atoms with Gasteiger partial charge in [0.25, 0.3) is 0 Å². The molecule has 2 nitrogen and oxygen atoms in total. The highest BCUT2D eigenvalue weighted by Crippen LogP contribution is 2.19. The number of thiophene rings is 1. The number of hydrogen-bond acceptors (Lipinski definition) is 3. The zero-order chi connectivity index (χ0) is 11.1. The van der Waals surface area contributed by atoms with Gasteiger partial charge in [0.1, 0.15) is 0 Å². The molecule has 0 radical (unpaired) electrons. The summed E-state index contributed by atoms with van der Waals surface area (Å²) in [7, 11) is 0. The lowest BCUT2D eigenvalue weighted by Crippen LogP contribution is -2.21. The van der Waals surface area contributed by atoms with E-state index in [9.17, 15) is 0 Å². The minimum atomic E-state index is 0.377. The molecule has 1 rings (SSSR count). The predicted octanol–water partition coefficient (Wildman–Crippen LogP) is 3.42. The minimum Gasteiger partial charge on any atom is -0.377 e. The summed E-state index contributed by atoms with van der Waals surface area (Å²) in [5.74, 6) is 0. The van der Waals surface area contributed by atoms with E-state index >= 15 is 0 Å². The zero-order valence-corrected chi connectivity index (χ0v) is 11.7. The Kier molecular flexibility index (Phi) is 6.48. The van der Waals surface area contributed by atoms with E-state index in [0.29, 0.717) is 6.10 Å². The van der Waals surface area contributed by atoms with Gasteiger partial charge in [0, 0.05) is 27.8 Å². The molecule has 1 atom stereocenters. The third-order valence-electron chi connectivity index (χ3n) is 2.18. The van der Waals surface area contributed by atoms with Gasteiger partial charge in [0.15, 0.2) is 0 Å². The van der Waals surface area contributed by atoms with Crippen LogP contribution in [0.2, 0.25) is 0 Å². The van der Waals surface area contributed by atoms with Gasteiger partial charge < -0.3 is 10.1 Å². The molecule has 0 aromatic carbocycles. The first-order chi connectivity index (χ1) is 7.22. The van der Waals surface area contributed by atoms with E-state index in [0.717, 1.165) is 26.1 Å². The van der Waals surface area contributed by atoms with Crippen molar-refractivity contribution in [2.45, 2.75) is 32.9 Å². The van der Waals surface area contributed by atoms with Crippen LogP contribution in [0.1, 0.15) is 25.1 Å². The van der Waals surface area contributed by atoms with Gasteiger partial charge >= 0.3 is 0 Å². The molecule has 1 unspecified atom stereocenters. The van der Waals surface area contributed by atoms with Crippen molar-refractivity contribution in [1.82, 2.24) is 5.32 Å². The van der Waals surface area contributed by atoms with E-state index in [1.807, 2.05) is 0 Å². The molecule has 0 saturated carbocycles. The Morgan fingerprint density at radius 3 is 3.00 bits per heavy atom. The molecule has 0 saturated heterocycles. The Morgan fingerprint density at radius 1 is 1.60 bits per heavy atom. The molecule has 1 N–H and O–H groups in total. The van der Waals surface area contributed by atoms with Gasteiger partial charge in [-0.1, -0.05) is 6.92 Å². The van der Waals surface area contributed by atoms with Crippen LogP contribution in [0.4, 0.5) is 0 Å². The van der Waals surface area contributed by atoms with E-state index in [2.05, 4.69) is 46.5 Å². The van der Waals surface area contributed by atoms with Crippen molar-refractivity contribution in [1.29, 1.82) is 0 Å². The molecule has 0 fully saturated rings. The van der Waals surface area contributed by atoms with Crippen molar-refractivity contribution < 1.29 is 4.74 Å². The van der Waals surface area contributed by atoms with Crippen LogP contribution in [0, 0.1) is 0 Å². The summed E-state index contributed by atoms with van der Waals surface area (Å²) >= 11 is 5.21.